The lowest BCUT2D eigenvalue weighted by molar-refractivity contribution is -0.139. The Bertz CT molecular complexity index is 367. The average molecular weight is 181 g/mol. The van der Waals surface area contributed by atoms with E-state index in [1.165, 1.54) is 19.4 Å². The zero-order valence-electron chi connectivity index (χ0n) is 7.59. The Morgan fingerprint density at radius 1 is 1.62 bits per heavy atom. The maximum atomic E-state index is 10.9. The molecule has 0 amide bonds. The van der Waals surface area contributed by atoms with E-state index in [2.05, 4.69) is 9.72 Å². The number of methoxy groups -OCH3 is 1. The number of hydrogen-bond donors (Lipinski definition) is 1. The molecule has 4 nitrogen and oxygen atoms in total. The van der Waals surface area contributed by atoms with Crippen molar-refractivity contribution in [1.82, 2.24) is 4.98 Å². The predicted molar refractivity (Wildman–Crippen MR) is 47.5 cm³/mol. The van der Waals surface area contributed by atoms with E-state index >= 15 is 0 Å². The van der Waals surface area contributed by atoms with Gasteiger partial charge in [0.15, 0.2) is 0 Å². The number of hydrogen-bond acceptors (Lipinski definition) is 3. The summed E-state index contributed by atoms with van der Waals surface area (Å²) >= 11 is 0. The number of pyridine rings is 1. The molecule has 1 heterocycles. The third-order valence-corrected chi connectivity index (χ3v) is 1.81. The van der Waals surface area contributed by atoms with Crippen LogP contribution in [0.4, 0.5) is 0 Å². The van der Waals surface area contributed by atoms with E-state index in [4.69, 9.17) is 0 Å². The van der Waals surface area contributed by atoms with Crippen LogP contribution >= 0.6 is 0 Å². The van der Waals surface area contributed by atoms with Crippen molar-refractivity contribution in [3.05, 3.63) is 33.7 Å². The molecule has 13 heavy (non-hydrogen) atoms. The molecule has 0 saturated heterocycles. The van der Waals surface area contributed by atoms with Gasteiger partial charge in [0, 0.05) is 12.3 Å². The number of carbonyl (C=O) groups is 1. The number of ether oxygens (including phenoxy) is 1. The largest absolute Gasteiger partial charge is 0.469 e. The molecule has 4 heteroatoms. The number of carbonyl (C=O) groups excluding carboxylic acids is 1. The lowest BCUT2D eigenvalue weighted by Crippen LogP contribution is -2.10. The van der Waals surface area contributed by atoms with Gasteiger partial charge in [0.25, 0.3) is 0 Å². The number of rotatable bonds is 2. The molecule has 0 aliphatic carbocycles. The van der Waals surface area contributed by atoms with Gasteiger partial charge in [-0.1, -0.05) is 0 Å². The van der Waals surface area contributed by atoms with Crippen LogP contribution in [0.15, 0.2) is 17.1 Å². The van der Waals surface area contributed by atoms with Crippen LogP contribution in [-0.2, 0) is 16.0 Å². The van der Waals surface area contributed by atoms with Crippen LogP contribution < -0.4 is 5.56 Å². The van der Waals surface area contributed by atoms with Gasteiger partial charge in [0.05, 0.1) is 13.5 Å². The van der Waals surface area contributed by atoms with Crippen LogP contribution in [0, 0.1) is 6.92 Å². The number of aromatic amines is 1. The maximum Gasteiger partial charge on any atom is 0.310 e. The SMILES string of the molecule is COC(=O)Cc1c[nH]c(=O)cc1C. The zero-order valence-corrected chi connectivity index (χ0v) is 7.59. The molecule has 0 atom stereocenters. The van der Waals surface area contributed by atoms with Crippen LogP contribution in [0.5, 0.6) is 0 Å². The Labute approximate surface area is 75.5 Å². The van der Waals surface area contributed by atoms with E-state index in [0.29, 0.717) is 0 Å². The van der Waals surface area contributed by atoms with E-state index in [1.54, 1.807) is 6.92 Å². The highest BCUT2D eigenvalue weighted by molar-refractivity contribution is 5.72. The number of aromatic nitrogens is 1. The molecule has 0 aliphatic heterocycles. The first kappa shape index (κ1) is 9.51. The first-order valence-electron chi connectivity index (χ1n) is 3.88. The van der Waals surface area contributed by atoms with E-state index in [-0.39, 0.29) is 17.9 Å². The third-order valence-electron chi connectivity index (χ3n) is 1.81. The second-order valence-electron chi connectivity index (χ2n) is 2.76. The molecule has 0 fully saturated rings. The highest BCUT2D eigenvalue weighted by Crippen LogP contribution is 2.03. The number of H-pyrrole nitrogens is 1. The summed E-state index contributed by atoms with van der Waals surface area (Å²) in [6, 6.07) is 1.46. The molecule has 0 saturated carbocycles. The number of nitrogens with one attached hydrogen (secondary N) is 1. The van der Waals surface area contributed by atoms with Crippen LogP contribution in [0.1, 0.15) is 11.1 Å². The first-order valence-corrected chi connectivity index (χ1v) is 3.88. The molecule has 0 radical (unpaired) electrons. The predicted octanol–water partition coefficient (Wildman–Crippen LogP) is 0.399. The minimum Gasteiger partial charge on any atom is -0.469 e. The molecular formula is C9H11NO3. The van der Waals surface area contributed by atoms with E-state index in [1.807, 2.05) is 0 Å². The van der Waals surface area contributed by atoms with Gasteiger partial charge in [-0.15, -0.1) is 0 Å². The van der Waals surface area contributed by atoms with Crippen LogP contribution in [0.25, 0.3) is 0 Å². The second-order valence-corrected chi connectivity index (χ2v) is 2.76. The van der Waals surface area contributed by atoms with E-state index in [0.717, 1.165) is 11.1 Å². The molecule has 0 spiro atoms. The van der Waals surface area contributed by atoms with Gasteiger partial charge in [-0.05, 0) is 18.1 Å². The van der Waals surface area contributed by atoms with Crippen molar-refractivity contribution < 1.29 is 9.53 Å². The summed E-state index contributed by atoms with van der Waals surface area (Å²) in [6.45, 7) is 1.79. The van der Waals surface area contributed by atoms with Crippen molar-refractivity contribution in [2.75, 3.05) is 7.11 Å². The fourth-order valence-electron chi connectivity index (χ4n) is 1.02. The van der Waals surface area contributed by atoms with Gasteiger partial charge < -0.3 is 9.72 Å². The van der Waals surface area contributed by atoms with E-state index < -0.39 is 0 Å². The van der Waals surface area contributed by atoms with Crippen molar-refractivity contribution in [2.45, 2.75) is 13.3 Å². The van der Waals surface area contributed by atoms with Gasteiger partial charge in [0.1, 0.15) is 0 Å². The van der Waals surface area contributed by atoms with Crippen molar-refractivity contribution in [1.29, 1.82) is 0 Å². The average Bonchev–Trinajstić information content (AvgIpc) is 2.09. The van der Waals surface area contributed by atoms with Crippen LogP contribution in [0.2, 0.25) is 0 Å². The van der Waals surface area contributed by atoms with Crippen LogP contribution in [-0.4, -0.2) is 18.1 Å². The molecule has 0 aliphatic rings. The van der Waals surface area contributed by atoms with Crippen molar-refractivity contribution in [3.8, 4) is 0 Å². The van der Waals surface area contributed by atoms with Crippen LogP contribution in [0.3, 0.4) is 0 Å². The molecule has 1 rings (SSSR count). The summed E-state index contributed by atoms with van der Waals surface area (Å²) in [5, 5.41) is 0. The van der Waals surface area contributed by atoms with Gasteiger partial charge >= 0.3 is 5.97 Å². The Morgan fingerprint density at radius 3 is 2.85 bits per heavy atom. The maximum absolute atomic E-state index is 10.9. The minimum atomic E-state index is -0.310. The Balaban J connectivity index is 2.90. The summed E-state index contributed by atoms with van der Waals surface area (Å²) in [5.41, 5.74) is 1.42. The summed E-state index contributed by atoms with van der Waals surface area (Å²) in [4.78, 5) is 24.2. The molecule has 1 aromatic rings. The smallest absolute Gasteiger partial charge is 0.310 e. The molecule has 0 unspecified atom stereocenters. The summed E-state index contributed by atoms with van der Waals surface area (Å²) in [5.74, 6) is -0.310. The molecule has 70 valence electrons. The van der Waals surface area contributed by atoms with Crippen molar-refractivity contribution in [2.24, 2.45) is 0 Å². The first-order chi connectivity index (χ1) is 6.13. The quantitative estimate of drug-likeness (QED) is 0.672. The Hall–Kier alpha value is -1.58. The summed E-state index contributed by atoms with van der Waals surface area (Å²) < 4.78 is 4.51. The number of esters is 1. The summed E-state index contributed by atoms with van der Waals surface area (Å²) in [7, 11) is 1.34. The Morgan fingerprint density at radius 2 is 2.31 bits per heavy atom. The molecule has 1 aromatic heterocycles. The molecule has 0 aromatic carbocycles. The fraction of sp³-hybridized carbons (Fsp3) is 0.333. The van der Waals surface area contributed by atoms with Gasteiger partial charge in [-0.3, -0.25) is 9.59 Å². The number of aryl methyl sites for hydroxylation is 1. The monoisotopic (exact) mass is 181 g/mol. The lowest BCUT2D eigenvalue weighted by atomic mass is 10.1. The fourth-order valence-corrected chi connectivity index (χ4v) is 1.02. The van der Waals surface area contributed by atoms with Gasteiger partial charge in [0.2, 0.25) is 5.56 Å². The highest BCUT2D eigenvalue weighted by Gasteiger charge is 2.05. The normalized spacial score (nSPS) is 9.69. The summed E-state index contributed by atoms with van der Waals surface area (Å²) in [6.07, 6.45) is 1.73. The molecule has 1 N–H and O–H groups in total. The molecule has 0 bridgehead atoms. The highest BCUT2D eigenvalue weighted by atomic mass is 16.5. The Kier molecular flexibility index (Phi) is 2.84. The van der Waals surface area contributed by atoms with Gasteiger partial charge in [-0.2, -0.15) is 0 Å². The lowest BCUT2D eigenvalue weighted by Gasteiger charge is -2.02. The topological polar surface area (TPSA) is 59.2 Å². The third kappa shape index (κ3) is 2.43. The zero-order chi connectivity index (χ0) is 9.84. The minimum absolute atomic E-state index is 0.161. The second kappa shape index (κ2) is 3.89. The molecular weight excluding hydrogens is 170 g/mol. The van der Waals surface area contributed by atoms with Gasteiger partial charge in [-0.25, -0.2) is 0 Å². The van der Waals surface area contributed by atoms with Crippen molar-refractivity contribution in [3.63, 3.8) is 0 Å². The standard InChI is InChI=1S/C9H11NO3/c1-6-3-8(11)10-5-7(6)4-9(12)13-2/h3,5H,4H2,1-2H3,(H,10,11). The van der Waals surface area contributed by atoms with E-state index in [9.17, 15) is 9.59 Å². The van der Waals surface area contributed by atoms with Crippen molar-refractivity contribution >= 4 is 5.97 Å².